The number of ether oxygens (including phenoxy) is 1. The Morgan fingerprint density at radius 1 is 1.17 bits per heavy atom. The number of furan rings is 1. The Hall–Kier alpha value is -3.67. The van der Waals surface area contributed by atoms with E-state index in [1.165, 1.54) is 18.3 Å². The second-order valence-electron chi connectivity index (χ2n) is 6.48. The lowest BCUT2D eigenvalue weighted by atomic mass is 9.98. The van der Waals surface area contributed by atoms with Crippen molar-refractivity contribution in [3.8, 4) is 5.75 Å². The van der Waals surface area contributed by atoms with E-state index < -0.39 is 11.8 Å². The summed E-state index contributed by atoms with van der Waals surface area (Å²) in [6, 6.07) is 13.2. The molecule has 1 N–H and O–H groups in total. The van der Waals surface area contributed by atoms with Gasteiger partial charge in [0, 0.05) is 27.9 Å². The van der Waals surface area contributed by atoms with Crippen LogP contribution in [0.25, 0.3) is 21.7 Å². The van der Waals surface area contributed by atoms with Crippen LogP contribution < -0.4 is 0 Å². The normalized spacial score (nSPS) is 11.6. The summed E-state index contributed by atoms with van der Waals surface area (Å²) in [6.07, 6.45) is 1.35. The fourth-order valence-electron chi connectivity index (χ4n) is 3.41. The first-order valence-corrected chi connectivity index (χ1v) is 9.15. The summed E-state index contributed by atoms with van der Waals surface area (Å²) in [7, 11) is 0. The lowest BCUT2D eigenvalue weighted by Crippen LogP contribution is -2.06. The molecule has 0 radical (unpaired) electrons. The first kappa shape index (κ1) is 18.7. The number of nitrogens with zero attached hydrogens (tertiary/aromatic N) is 1. The average Bonchev–Trinajstić information content (AvgIpc) is 3.06. The number of halogens is 1. The first-order chi connectivity index (χ1) is 14.0. The molecule has 0 aliphatic carbocycles. The molecule has 1 aromatic heterocycles. The summed E-state index contributed by atoms with van der Waals surface area (Å²) in [4.78, 5) is 16.8. The van der Waals surface area contributed by atoms with Crippen LogP contribution in [-0.4, -0.2) is 23.9 Å². The molecule has 3 aromatic carbocycles. The minimum atomic E-state index is -0.557. The lowest BCUT2D eigenvalue weighted by molar-refractivity contribution is 0.0526. The molecule has 6 heteroatoms. The van der Waals surface area contributed by atoms with Crippen LogP contribution in [0.4, 0.5) is 10.1 Å². The van der Waals surface area contributed by atoms with Gasteiger partial charge in [0.05, 0.1) is 12.3 Å². The topological polar surface area (TPSA) is 72.0 Å². The summed E-state index contributed by atoms with van der Waals surface area (Å²) >= 11 is 0. The van der Waals surface area contributed by atoms with Crippen LogP contribution >= 0.6 is 0 Å². The number of carbonyl (C=O) groups is 1. The van der Waals surface area contributed by atoms with E-state index in [1.54, 1.807) is 44.2 Å². The Bertz CT molecular complexity index is 1270. The Kier molecular flexibility index (Phi) is 4.76. The van der Waals surface area contributed by atoms with Gasteiger partial charge in [-0.25, -0.2) is 9.18 Å². The van der Waals surface area contributed by atoms with Gasteiger partial charge in [-0.2, -0.15) is 0 Å². The Balaban J connectivity index is 2.06. The van der Waals surface area contributed by atoms with Gasteiger partial charge in [-0.3, -0.25) is 4.99 Å². The number of aliphatic imine (C=N–C) groups is 1. The standard InChI is InChI=1S/C23H18FNO4/c1-3-28-23(27)19-13(2)29-22-15-9-5-4-8-14(15)21(26)16(20(19)22)12-25-18-11-7-6-10-17(18)24/h4-12,26H,3H2,1-2H3. The van der Waals surface area contributed by atoms with Gasteiger partial charge in [-0.1, -0.05) is 36.4 Å². The molecule has 1 heterocycles. The number of carbonyl (C=O) groups excluding carboxylic acids is 1. The number of rotatable bonds is 4. The molecule has 0 saturated heterocycles. The molecule has 4 rings (SSSR count). The van der Waals surface area contributed by atoms with E-state index in [4.69, 9.17) is 9.15 Å². The fraction of sp³-hybridized carbons (Fsp3) is 0.130. The second kappa shape index (κ2) is 7.39. The highest BCUT2D eigenvalue weighted by Gasteiger charge is 2.26. The van der Waals surface area contributed by atoms with Crippen LogP contribution in [0.5, 0.6) is 5.75 Å². The number of para-hydroxylation sites is 1. The Morgan fingerprint density at radius 3 is 2.59 bits per heavy atom. The monoisotopic (exact) mass is 391 g/mol. The molecule has 5 nitrogen and oxygen atoms in total. The van der Waals surface area contributed by atoms with E-state index in [1.807, 2.05) is 6.07 Å². The van der Waals surface area contributed by atoms with E-state index in [-0.39, 0.29) is 29.2 Å². The van der Waals surface area contributed by atoms with Crippen LogP contribution in [0.3, 0.4) is 0 Å². The van der Waals surface area contributed by atoms with E-state index >= 15 is 0 Å². The maximum absolute atomic E-state index is 14.0. The summed E-state index contributed by atoms with van der Waals surface area (Å²) in [5, 5.41) is 12.5. The van der Waals surface area contributed by atoms with Gasteiger partial charge >= 0.3 is 5.97 Å². The predicted octanol–water partition coefficient (Wildman–Crippen LogP) is 5.67. The molecule has 0 unspecified atom stereocenters. The van der Waals surface area contributed by atoms with E-state index in [2.05, 4.69) is 4.99 Å². The molecular weight excluding hydrogens is 373 g/mol. The van der Waals surface area contributed by atoms with Crippen molar-refractivity contribution in [1.29, 1.82) is 0 Å². The van der Waals surface area contributed by atoms with E-state index in [0.717, 1.165) is 0 Å². The van der Waals surface area contributed by atoms with Gasteiger partial charge in [0.2, 0.25) is 0 Å². The average molecular weight is 391 g/mol. The number of aromatic hydroxyl groups is 1. The second-order valence-corrected chi connectivity index (χ2v) is 6.48. The Labute approximate surface area is 166 Å². The molecule has 4 aromatic rings. The van der Waals surface area contributed by atoms with Crippen molar-refractivity contribution in [3.05, 3.63) is 71.2 Å². The van der Waals surface area contributed by atoms with Crippen molar-refractivity contribution >= 4 is 39.6 Å². The molecule has 0 saturated carbocycles. The largest absolute Gasteiger partial charge is 0.507 e. The lowest BCUT2D eigenvalue weighted by Gasteiger charge is -2.08. The molecule has 0 aliphatic rings. The van der Waals surface area contributed by atoms with Crippen molar-refractivity contribution in [2.45, 2.75) is 13.8 Å². The van der Waals surface area contributed by atoms with Crippen LogP contribution in [0.15, 0.2) is 57.9 Å². The number of fused-ring (bicyclic) bond motifs is 3. The number of phenols is 1. The highest BCUT2D eigenvalue weighted by Crippen LogP contribution is 2.41. The van der Waals surface area contributed by atoms with Crippen molar-refractivity contribution < 1.29 is 23.4 Å². The van der Waals surface area contributed by atoms with E-state index in [0.29, 0.717) is 27.5 Å². The van der Waals surface area contributed by atoms with Gasteiger partial charge in [-0.05, 0) is 26.0 Å². The zero-order valence-corrected chi connectivity index (χ0v) is 15.9. The molecule has 0 spiro atoms. The molecule has 0 bridgehead atoms. The third kappa shape index (κ3) is 3.12. The number of hydrogen-bond donors (Lipinski definition) is 1. The van der Waals surface area contributed by atoms with E-state index in [9.17, 15) is 14.3 Å². The van der Waals surface area contributed by atoms with Crippen LogP contribution in [0.1, 0.15) is 28.6 Å². The van der Waals surface area contributed by atoms with Crippen molar-refractivity contribution in [2.75, 3.05) is 6.61 Å². The molecule has 0 aliphatic heterocycles. The molecule has 0 amide bonds. The third-order valence-corrected chi connectivity index (χ3v) is 4.70. The maximum Gasteiger partial charge on any atom is 0.342 e. The molecule has 0 atom stereocenters. The minimum Gasteiger partial charge on any atom is -0.507 e. The van der Waals surface area contributed by atoms with Crippen LogP contribution in [0.2, 0.25) is 0 Å². The number of hydrogen-bond acceptors (Lipinski definition) is 5. The van der Waals surface area contributed by atoms with Crippen LogP contribution in [-0.2, 0) is 4.74 Å². The molecule has 146 valence electrons. The van der Waals surface area contributed by atoms with Crippen LogP contribution in [0, 0.1) is 12.7 Å². The smallest absolute Gasteiger partial charge is 0.342 e. The van der Waals surface area contributed by atoms with Gasteiger partial charge in [0.15, 0.2) is 0 Å². The Morgan fingerprint density at radius 2 is 1.86 bits per heavy atom. The number of aryl methyl sites for hydroxylation is 1. The fourth-order valence-corrected chi connectivity index (χ4v) is 3.41. The van der Waals surface area contributed by atoms with Gasteiger partial charge in [0.1, 0.15) is 28.5 Å². The van der Waals surface area contributed by atoms with Crippen molar-refractivity contribution in [2.24, 2.45) is 4.99 Å². The van der Waals surface area contributed by atoms with Crippen molar-refractivity contribution in [1.82, 2.24) is 0 Å². The SMILES string of the molecule is CCOC(=O)c1c(C)oc2c1c(C=Nc1ccccc1F)c(O)c1ccccc12. The third-order valence-electron chi connectivity index (χ3n) is 4.70. The quantitative estimate of drug-likeness (QED) is 0.360. The van der Waals surface area contributed by atoms with Gasteiger partial charge in [0.25, 0.3) is 0 Å². The zero-order valence-electron chi connectivity index (χ0n) is 15.9. The summed E-state index contributed by atoms with van der Waals surface area (Å²) in [6.45, 7) is 3.57. The highest BCUT2D eigenvalue weighted by atomic mass is 19.1. The maximum atomic E-state index is 14.0. The molecule has 0 fully saturated rings. The van der Waals surface area contributed by atoms with Gasteiger partial charge in [-0.15, -0.1) is 0 Å². The predicted molar refractivity (Wildman–Crippen MR) is 110 cm³/mol. The molecular formula is C23H18FNO4. The summed E-state index contributed by atoms with van der Waals surface area (Å²) in [5.41, 5.74) is 1.04. The number of phenolic OH excluding ortho intramolecular Hbond substituents is 1. The zero-order chi connectivity index (χ0) is 20.5. The minimum absolute atomic E-state index is 0.0699. The van der Waals surface area contributed by atoms with Gasteiger partial charge < -0.3 is 14.3 Å². The summed E-state index contributed by atoms with van der Waals surface area (Å²) < 4.78 is 25.1. The first-order valence-electron chi connectivity index (χ1n) is 9.15. The number of benzene rings is 3. The highest BCUT2D eigenvalue weighted by molar-refractivity contribution is 6.21. The summed E-state index contributed by atoms with van der Waals surface area (Å²) in [5.74, 6) is -0.748. The molecule has 29 heavy (non-hydrogen) atoms. The van der Waals surface area contributed by atoms with Crippen molar-refractivity contribution in [3.63, 3.8) is 0 Å². The number of esters is 1.